The van der Waals surface area contributed by atoms with Gasteiger partial charge in [0.1, 0.15) is 5.82 Å². The largest absolute Gasteiger partial charge is 0.481 e. The highest BCUT2D eigenvalue weighted by molar-refractivity contribution is 7.98. The molecule has 2 rings (SSSR count). The second-order valence-electron chi connectivity index (χ2n) is 4.22. The van der Waals surface area contributed by atoms with Crippen molar-refractivity contribution in [3.8, 4) is 0 Å². The molecule has 0 fully saturated rings. The first-order chi connectivity index (χ1) is 9.56. The van der Waals surface area contributed by atoms with Gasteiger partial charge in [-0.2, -0.15) is 0 Å². The van der Waals surface area contributed by atoms with Crippen molar-refractivity contribution in [2.75, 3.05) is 0 Å². The van der Waals surface area contributed by atoms with Crippen molar-refractivity contribution >= 4 is 29.3 Å². The molecule has 0 saturated carbocycles. The second-order valence-corrected chi connectivity index (χ2v) is 5.64. The first-order valence-corrected chi connectivity index (χ1v) is 7.29. The number of hydrogen-bond acceptors (Lipinski definition) is 2. The maximum atomic E-state index is 13.3. The lowest BCUT2D eigenvalue weighted by Gasteiger charge is -2.05. The number of hydrogen-bond donors (Lipinski definition) is 1. The molecule has 104 valence electrons. The van der Waals surface area contributed by atoms with Crippen LogP contribution in [0.5, 0.6) is 0 Å². The van der Waals surface area contributed by atoms with Gasteiger partial charge in [0.05, 0.1) is 11.4 Å². The van der Waals surface area contributed by atoms with Crippen molar-refractivity contribution in [2.24, 2.45) is 0 Å². The summed E-state index contributed by atoms with van der Waals surface area (Å²) >= 11 is 7.41. The van der Waals surface area contributed by atoms with Crippen LogP contribution in [0.3, 0.4) is 0 Å². The lowest BCUT2D eigenvalue weighted by molar-refractivity contribution is -0.136. The standard InChI is InChI=1S/C15H12ClFO2S/c16-15-11(2-1-3-13(15)17)9-20-12-6-4-10(5-7-12)8-14(18)19/h1-7H,8-9H2,(H,18,19). The minimum Gasteiger partial charge on any atom is -0.481 e. The van der Waals surface area contributed by atoms with Crippen molar-refractivity contribution in [3.05, 3.63) is 64.4 Å². The molecule has 0 spiro atoms. The monoisotopic (exact) mass is 310 g/mol. The fourth-order valence-corrected chi connectivity index (χ4v) is 2.86. The quantitative estimate of drug-likeness (QED) is 0.832. The molecule has 0 aliphatic carbocycles. The zero-order valence-electron chi connectivity index (χ0n) is 10.5. The van der Waals surface area contributed by atoms with Crippen LogP contribution in [0.15, 0.2) is 47.4 Å². The zero-order valence-corrected chi connectivity index (χ0v) is 12.0. The summed E-state index contributed by atoms with van der Waals surface area (Å²) in [5.41, 5.74) is 1.50. The van der Waals surface area contributed by atoms with E-state index >= 15 is 0 Å². The second kappa shape index (κ2) is 6.77. The number of carboxylic acid groups (broad SMARTS) is 1. The number of thioether (sulfide) groups is 1. The first kappa shape index (κ1) is 14.9. The number of rotatable bonds is 5. The van der Waals surface area contributed by atoms with Gasteiger partial charge in [0.2, 0.25) is 0 Å². The minimum absolute atomic E-state index is 0.0146. The van der Waals surface area contributed by atoms with Gasteiger partial charge in [-0.05, 0) is 29.3 Å². The van der Waals surface area contributed by atoms with Gasteiger partial charge in [-0.15, -0.1) is 11.8 Å². The molecule has 0 radical (unpaired) electrons. The van der Waals surface area contributed by atoms with Crippen molar-refractivity contribution in [1.82, 2.24) is 0 Å². The number of halogens is 2. The average molecular weight is 311 g/mol. The van der Waals surface area contributed by atoms with E-state index in [-0.39, 0.29) is 11.4 Å². The van der Waals surface area contributed by atoms with E-state index in [1.54, 1.807) is 24.3 Å². The van der Waals surface area contributed by atoms with Crippen LogP contribution in [0.1, 0.15) is 11.1 Å². The Morgan fingerprint density at radius 2 is 1.90 bits per heavy atom. The summed E-state index contributed by atoms with van der Waals surface area (Å²) in [7, 11) is 0. The molecule has 0 heterocycles. The SMILES string of the molecule is O=C(O)Cc1ccc(SCc2cccc(F)c2Cl)cc1. The molecule has 2 nitrogen and oxygen atoms in total. The molecule has 0 aromatic heterocycles. The van der Waals surface area contributed by atoms with Gasteiger partial charge in [-0.25, -0.2) is 4.39 Å². The van der Waals surface area contributed by atoms with Crippen molar-refractivity contribution < 1.29 is 14.3 Å². The van der Waals surface area contributed by atoms with Crippen LogP contribution in [0.2, 0.25) is 5.02 Å². The Balaban J connectivity index is 2.00. The fraction of sp³-hybridized carbons (Fsp3) is 0.133. The third-order valence-corrected chi connectivity index (χ3v) is 4.19. The van der Waals surface area contributed by atoms with Crippen LogP contribution < -0.4 is 0 Å². The van der Waals surface area contributed by atoms with Crippen LogP contribution in [0, 0.1) is 5.82 Å². The minimum atomic E-state index is -0.850. The average Bonchev–Trinajstić information content (AvgIpc) is 2.41. The van der Waals surface area contributed by atoms with E-state index in [0.717, 1.165) is 16.0 Å². The normalized spacial score (nSPS) is 10.5. The van der Waals surface area contributed by atoms with Crippen LogP contribution in [0.4, 0.5) is 4.39 Å². The summed E-state index contributed by atoms with van der Waals surface area (Å²) in [4.78, 5) is 11.6. The summed E-state index contributed by atoms with van der Waals surface area (Å²) in [5.74, 6) is -0.701. The Hall–Kier alpha value is -1.52. The highest BCUT2D eigenvalue weighted by Gasteiger charge is 2.06. The first-order valence-electron chi connectivity index (χ1n) is 5.92. The number of carboxylic acids is 1. The summed E-state index contributed by atoms with van der Waals surface area (Å²) in [6.07, 6.45) is 0.0146. The van der Waals surface area contributed by atoms with Crippen LogP contribution in [0.25, 0.3) is 0 Å². The smallest absolute Gasteiger partial charge is 0.307 e. The van der Waals surface area contributed by atoms with Crippen molar-refractivity contribution in [1.29, 1.82) is 0 Å². The van der Waals surface area contributed by atoms with Gasteiger partial charge in [0.15, 0.2) is 0 Å². The van der Waals surface area contributed by atoms with E-state index in [1.807, 2.05) is 12.1 Å². The maximum Gasteiger partial charge on any atom is 0.307 e. The van der Waals surface area contributed by atoms with E-state index in [0.29, 0.717) is 5.75 Å². The highest BCUT2D eigenvalue weighted by atomic mass is 35.5. The number of aliphatic carboxylic acids is 1. The summed E-state index contributed by atoms with van der Waals surface area (Å²) < 4.78 is 13.3. The Morgan fingerprint density at radius 1 is 1.20 bits per heavy atom. The molecule has 0 saturated heterocycles. The predicted octanol–water partition coefficient (Wildman–Crippen LogP) is 4.40. The molecule has 0 unspecified atom stereocenters. The van der Waals surface area contributed by atoms with Crippen molar-refractivity contribution in [2.45, 2.75) is 17.1 Å². The van der Waals surface area contributed by atoms with E-state index in [2.05, 4.69) is 0 Å². The molecule has 2 aromatic rings. The Bertz CT molecular complexity index is 614. The molecule has 2 aromatic carbocycles. The molecule has 20 heavy (non-hydrogen) atoms. The number of benzene rings is 2. The van der Waals surface area contributed by atoms with E-state index in [1.165, 1.54) is 17.8 Å². The Kier molecular flexibility index (Phi) is 5.04. The third kappa shape index (κ3) is 3.99. The molecular weight excluding hydrogens is 299 g/mol. The maximum absolute atomic E-state index is 13.3. The lowest BCUT2D eigenvalue weighted by Crippen LogP contribution is -1.99. The molecule has 0 aliphatic rings. The van der Waals surface area contributed by atoms with Gasteiger partial charge < -0.3 is 5.11 Å². The van der Waals surface area contributed by atoms with Crippen LogP contribution in [-0.4, -0.2) is 11.1 Å². The van der Waals surface area contributed by atoms with Crippen LogP contribution >= 0.6 is 23.4 Å². The molecule has 0 bridgehead atoms. The summed E-state index contributed by atoms with van der Waals surface area (Å²) in [5, 5.41) is 8.84. The van der Waals surface area contributed by atoms with Gasteiger partial charge >= 0.3 is 5.97 Å². The summed E-state index contributed by atoms with van der Waals surface area (Å²) in [6.45, 7) is 0. The summed E-state index contributed by atoms with van der Waals surface area (Å²) in [6, 6.07) is 12.0. The van der Waals surface area contributed by atoms with Gasteiger partial charge in [-0.1, -0.05) is 35.9 Å². The van der Waals surface area contributed by atoms with E-state index < -0.39 is 11.8 Å². The molecule has 1 N–H and O–H groups in total. The molecule has 0 aliphatic heterocycles. The zero-order chi connectivity index (χ0) is 14.5. The van der Waals surface area contributed by atoms with Gasteiger partial charge in [0.25, 0.3) is 0 Å². The van der Waals surface area contributed by atoms with Crippen molar-refractivity contribution in [3.63, 3.8) is 0 Å². The highest BCUT2D eigenvalue weighted by Crippen LogP contribution is 2.28. The Morgan fingerprint density at radius 3 is 2.55 bits per heavy atom. The Labute approximate surface area is 125 Å². The molecule has 5 heteroatoms. The molecule has 0 atom stereocenters. The third-order valence-electron chi connectivity index (χ3n) is 2.70. The molecular formula is C15H12ClFO2S. The van der Waals surface area contributed by atoms with Gasteiger partial charge in [0, 0.05) is 10.6 Å². The lowest BCUT2D eigenvalue weighted by atomic mass is 10.2. The van der Waals surface area contributed by atoms with Crippen LogP contribution in [-0.2, 0) is 17.0 Å². The predicted molar refractivity (Wildman–Crippen MR) is 78.8 cm³/mol. The fourth-order valence-electron chi connectivity index (χ4n) is 1.70. The van der Waals surface area contributed by atoms with Gasteiger partial charge in [-0.3, -0.25) is 4.79 Å². The number of carbonyl (C=O) groups is 1. The van der Waals surface area contributed by atoms with E-state index in [9.17, 15) is 9.18 Å². The molecule has 0 amide bonds. The topological polar surface area (TPSA) is 37.3 Å². The van der Waals surface area contributed by atoms with E-state index in [4.69, 9.17) is 16.7 Å².